The third-order valence-electron chi connectivity index (χ3n) is 2.23. The lowest BCUT2D eigenvalue weighted by Crippen LogP contribution is -2.41. The Hall–Kier alpha value is -1.79. The lowest BCUT2D eigenvalue weighted by molar-refractivity contribution is -0.139. The number of nitrogens with one attached hydrogen (secondary N) is 1. The van der Waals surface area contributed by atoms with Crippen molar-refractivity contribution in [1.82, 2.24) is 5.32 Å². The van der Waals surface area contributed by atoms with E-state index in [1.165, 1.54) is 18.2 Å². The van der Waals surface area contributed by atoms with E-state index >= 15 is 0 Å². The molecule has 4 N–H and O–H groups in total. The number of aliphatic hydroxyl groups is 1. The van der Waals surface area contributed by atoms with Gasteiger partial charge in [0, 0.05) is 18.1 Å². The number of halogens is 1. The highest BCUT2D eigenvalue weighted by Crippen LogP contribution is 2.21. The van der Waals surface area contributed by atoms with E-state index < -0.39 is 17.9 Å². The summed E-state index contributed by atoms with van der Waals surface area (Å²) in [4.78, 5) is 22.5. The van der Waals surface area contributed by atoms with Gasteiger partial charge in [-0.15, -0.1) is 0 Å². The Kier molecular flexibility index (Phi) is 4.94. The summed E-state index contributed by atoms with van der Waals surface area (Å²) in [6, 6.07) is 2.65. The van der Waals surface area contributed by atoms with Crippen molar-refractivity contribution in [3.63, 3.8) is 0 Å². The van der Waals surface area contributed by atoms with Crippen LogP contribution in [-0.2, 0) is 4.79 Å². The molecule has 18 heavy (non-hydrogen) atoms. The standard InChI is InChI=1S/C11H12ClNO5/c12-6-1-2-7(9(15)5-6)10(16)13-8(3-4-14)11(17)18/h1-2,5,8,14-15H,3-4H2,(H,13,16)(H,17,18). The van der Waals surface area contributed by atoms with E-state index in [1.807, 2.05) is 0 Å². The molecule has 0 saturated heterocycles. The molecule has 1 aromatic carbocycles. The van der Waals surface area contributed by atoms with Gasteiger partial charge in [-0.05, 0) is 18.2 Å². The molecule has 6 nitrogen and oxygen atoms in total. The fourth-order valence-electron chi connectivity index (χ4n) is 1.32. The van der Waals surface area contributed by atoms with Gasteiger partial charge in [0.25, 0.3) is 5.91 Å². The summed E-state index contributed by atoms with van der Waals surface area (Å²) in [6.07, 6.45) is -0.116. The quantitative estimate of drug-likeness (QED) is 0.629. The summed E-state index contributed by atoms with van der Waals surface area (Å²) in [5, 5.41) is 29.4. The summed E-state index contributed by atoms with van der Waals surface area (Å²) in [5.74, 6) is -2.34. The smallest absolute Gasteiger partial charge is 0.326 e. The number of carbonyl (C=O) groups is 2. The highest BCUT2D eigenvalue weighted by atomic mass is 35.5. The maximum absolute atomic E-state index is 11.7. The van der Waals surface area contributed by atoms with Gasteiger partial charge < -0.3 is 20.6 Å². The average Bonchev–Trinajstić information content (AvgIpc) is 2.27. The molecule has 0 aliphatic rings. The van der Waals surface area contributed by atoms with E-state index in [2.05, 4.69) is 5.32 Å². The van der Waals surface area contributed by atoms with Crippen LogP contribution in [0.3, 0.4) is 0 Å². The van der Waals surface area contributed by atoms with Crippen LogP contribution in [0.1, 0.15) is 16.8 Å². The molecule has 0 spiro atoms. The molecule has 0 fully saturated rings. The number of rotatable bonds is 5. The van der Waals surface area contributed by atoms with Gasteiger partial charge in [-0.3, -0.25) is 4.79 Å². The van der Waals surface area contributed by atoms with Crippen molar-refractivity contribution < 1.29 is 24.9 Å². The molecule has 0 radical (unpaired) electrons. The Labute approximate surface area is 108 Å². The maximum Gasteiger partial charge on any atom is 0.326 e. The van der Waals surface area contributed by atoms with Crippen LogP contribution in [0.4, 0.5) is 0 Å². The molecule has 0 bridgehead atoms. The van der Waals surface area contributed by atoms with Crippen molar-refractivity contribution in [2.75, 3.05) is 6.61 Å². The number of carboxylic acids is 1. The normalized spacial score (nSPS) is 11.9. The highest BCUT2D eigenvalue weighted by Gasteiger charge is 2.21. The number of carbonyl (C=O) groups excluding carboxylic acids is 1. The summed E-state index contributed by atoms with van der Waals surface area (Å²) >= 11 is 5.61. The Balaban J connectivity index is 2.83. The van der Waals surface area contributed by atoms with Crippen molar-refractivity contribution in [2.24, 2.45) is 0 Å². The number of phenolic OH excluding ortho intramolecular Hbond substituents is 1. The van der Waals surface area contributed by atoms with E-state index in [1.54, 1.807) is 0 Å². The molecular formula is C11H12ClNO5. The van der Waals surface area contributed by atoms with Gasteiger partial charge in [-0.25, -0.2) is 4.79 Å². The molecule has 98 valence electrons. The summed E-state index contributed by atoms with van der Waals surface area (Å²) in [5.41, 5.74) is -0.0800. The molecular weight excluding hydrogens is 262 g/mol. The number of amides is 1. The first-order valence-electron chi connectivity index (χ1n) is 5.08. The van der Waals surface area contributed by atoms with Gasteiger partial charge >= 0.3 is 5.97 Å². The third-order valence-corrected chi connectivity index (χ3v) is 2.46. The Bertz CT molecular complexity index is 463. The van der Waals surface area contributed by atoms with Crippen molar-refractivity contribution >= 4 is 23.5 Å². The monoisotopic (exact) mass is 273 g/mol. The minimum atomic E-state index is -1.26. The molecule has 0 heterocycles. The molecule has 1 amide bonds. The lowest BCUT2D eigenvalue weighted by atomic mass is 10.1. The Morgan fingerprint density at radius 3 is 2.56 bits per heavy atom. The Morgan fingerprint density at radius 1 is 1.39 bits per heavy atom. The van der Waals surface area contributed by atoms with Gasteiger partial charge in [0.1, 0.15) is 11.8 Å². The SMILES string of the molecule is O=C(NC(CCO)C(=O)O)c1ccc(Cl)cc1O. The first-order valence-corrected chi connectivity index (χ1v) is 5.46. The molecule has 1 aromatic rings. The van der Waals surface area contributed by atoms with Crippen molar-refractivity contribution in [3.05, 3.63) is 28.8 Å². The largest absolute Gasteiger partial charge is 0.507 e. The predicted octanol–water partition coefficient (Wildman–Crippen LogP) is 0.611. The molecule has 0 aliphatic heterocycles. The van der Waals surface area contributed by atoms with Crippen LogP contribution in [-0.4, -0.2) is 39.8 Å². The second kappa shape index (κ2) is 6.23. The summed E-state index contributed by atoms with van der Waals surface area (Å²) in [6.45, 7) is -0.371. The molecule has 1 atom stereocenters. The van der Waals surface area contributed by atoms with E-state index in [0.717, 1.165) is 0 Å². The van der Waals surface area contributed by atoms with E-state index in [4.69, 9.17) is 21.8 Å². The minimum Gasteiger partial charge on any atom is -0.507 e. The zero-order chi connectivity index (χ0) is 13.7. The molecule has 7 heteroatoms. The third kappa shape index (κ3) is 3.61. The van der Waals surface area contributed by atoms with E-state index in [9.17, 15) is 14.7 Å². The Morgan fingerprint density at radius 2 is 2.06 bits per heavy atom. The lowest BCUT2D eigenvalue weighted by Gasteiger charge is -2.13. The molecule has 0 saturated carbocycles. The van der Waals surface area contributed by atoms with Gasteiger partial charge in [-0.2, -0.15) is 0 Å². The van der Waals surface area contributed by atoms with Crippen LogP contribution in [0.2, 0.25) is 5.02 Å². The zero-order valence-corrected chi connectivity index (χ0v) is 10.0. The number of hydrogen-bond acceptors (Lipinski definition) is 4. The first kappa shape index (κ1) is 14.3. The van der Waals surface area contributed by atoms with E-state index in [-0.39, 0.29) is 29.4 Å². The number of aliphatic carboxylic acids is 1. The van der Waals surface area contributed by atoms with Gasteiger partial charge in [0.05, 0.1) is 5.56 Å². The zero-order valence-electron chi connectivity index (χ0n) is 9.26. The topological polar surface area (TPSA) is 107 Å². The number of hydrogen-bond donors (Lipinski definition) is 4. The molecule has 0 aliphatic carbocycles. The number of aliphatic hydroxyl groups excluding tert-OH is 1. The number of benzene rings is 1. The second-order valence-electron chi connectivity index (χ2n) is 3.54. The van der Waals surface area contributed by atoms with Gasteiger partial charge in [-0.1, -0.05) is 11.6 Å². The molecule has 0 aromatic heterocycles. The first-order chi connectivity index (χ1) is 8.45. The minimum absolute atomic E-state index is 0.0800. The van der Waals surface area contributed by atoms with Crippen molar-refractivity contribution in [2.45, 2.75) is 12.5 Å². The summed E-state index contributed by atoms with van der Waals surface area (Å²) in [7, 11) is 0. The number of phenols is 1. The van der Waals surface area contributed by atoms with Gasteiger partial charge in [0.15, 0.2) is 0 Å². The van der Waals surface area contributed by atoms with Crippen LogP contribution in [0, 0.1) is 0 Å². The van der Waals surface area contributed by atoms with Gasteiger partial charge in [0.2, 0.25) is 0 Å². The van der Waals surface area contributed by atoms with Crippen LogP contribution < -0.4 is 5.32 Å². The number of aromatic hydroxyl groups is 1. The van der Waals surface area contributed by atoms with Crippen molar-refractivity contribution in [1.29, 1.82) is 0 Å². The molecule has 1 rings (SSSR count). The predicted molar refractivity (Wildman–Crippen MR) is 63.7 cm³/mol. The molecule has 1 unspecified atom stereocenters. The van der Waals surface area contributed by atoms with Crippen LogP contribution in [0.25, 0.3) is 0 Å². The second-order valence-corrected chi connectivity index (χ2v) is 3.97. The number of carboxylic acid groups (broad SMARTS) is 1. The van der Waals surface area contributed by atoms with Crippen LogP contribution in [0.15, 0.2) is 18.2 Å². The van der Waals surface area contributed by atoms with E-state index in [0.29, 0.717) is 0 Å². The fourth-order valence-corrected chi connectivity index (χ4v) is 1.49. The average molecular weight is 274 g/mol. The summed E-state index contributed by atoms with van der Waals surface area (Å²) < 4.78 is 0. The van der Waals surface area contributed by atoms with Crippen LogP contribution >= 0.6 is 11.6 Å². The fraction of sp³-hybridized carbons (Fsp3) is 0.273. The van der Waals surface area contributed by atoms with Crippen LogP contribution in [0.5, 0.6) is 5.75 Å². The van der Waals surface area contributed by atoms with Crippen molar-refractivity contribution in [3.8, 4) is 5.75 Å². The highest BCUT2D eigenvalue weighted by molar-refractivity contribution is 6.30. The maximum atomic E-state index is 11.7.